The molecule has 1 aromatic carbocycles. The Hall–Kier alpha value is -3.07. The van der Waals surface area contributed by atoms with Gasteiger partial charge in [-0.25, -0.2) is 0 Å². The van der Waals surface area contributed by atoms with Gasteiger partial charge in [-0.1, -0.05) is 11.6 Å². The summed E-state index contributed by atoms with van der Waals surface area (Å²) in [5.41, 5.74) is 2.57. The molecular weight excluding hydrogens is 498 g/mol. The summed E-state index contributed by atoms with van der Waals surface area (Å²) in [6.45, 7) is 11.6. The average molecular weight is 528 g/mol. The van der Waals surface area contributed by atoms with E-state index in [0.29, 0.717) is 39.7 Å². The molecule has 7 nitrogen and oxygen atoms in total. The van der Waals surface area contributed by atoms with E-state index in [-0.39, 0.29) is 11.5 Å². The molecule has 0 fully saturated rings. The Morgan fingerprint density at radius 3 is 2.42 bits per heavy atom. The molecule has 3 N–H and O–H groups in total. The molecule has 0 aliphatic carbocycles. The number of pyridine rings is 1. The lowest BCUT2D eigenvalue weighted by molar-refractivity contribution is 0.0817. The first kappa shape index (κ1) is 26.0. The van der Waals surface area contributed by atoms with Crippen LogP contribution in [0.3, 0.4) is 0 Å². The Kier molecular flexibility index (Phi) is 6.81. The first-order valence-corrected chi connectivity index (χ1v) is 12.8. The van der Waals surface area contributed by atoms with Crippen LogP contribution < -0.4 is 15.6 Å². The number of amides is 1. The lowest BCUT2D eigenvalue weighted by Gasteiger charge is -2.17. The van der Waals surface area contributed by atoms with Gasteiger partial charge in [-0.2, -0.15) is 0 Å². The number of fused-ring (bicyclic) bond motifs is 1. The van der Waals surface area contributed by atoms with Gasteiger partial charge in [0.15, 0.2) is 0 Å². The predicted molar refractivity (Wildman–Crippen MR) is 146 cm³/mol. The fourth-order valence-electron chi connectivity index (χ4n) is 4.44. The van der Waals surface area contributed by atoms with Crippen LogP contribution in [0.2, 0.25) is 5.02 Å². The molecule has 4 rings (SSSR count). The maximum Gasteiger partial charge on any atom is 0.274 e. The third kappa shape index (κ3) is 4.56. The Labute approximate surface area is 218 Å². The van der Waals surface area contributed by atoms with Gasteiger partial charge in [0, 0.05) is 46.2 Å². The number of aryl methyl sites for hydroxylation is 3. The Balaban J connectivity index is 2.02. The lowest BCUT2D eigenvalue weighted by atomic mass is 10.0. The van der Waals surface area contributed by atoms with Crippen molar-refractivity contribution in [3.05, 3.63) is 67.0 Å². The molecule has 0 aliphatic rings. The zero-order valence-corrected chi connectivity index (χ0v) is 23.0. The van der Waals surface area contributed by atoms with Crippen molar-refractivity contribution in [2.24, 2.45) is 7.05 Å². The zero-order chi connectivity index (χ0) is 26.5. The molecule has 190 valence electrons. The van der Waals surface area contributed by atoms with E-state index in [1.165, 1.54) is 15.9 Å². The van der Waals surface area contributed by atoms with Gasteiger partial charge in [-0.3, -0.25) is 9.59 Å². The second-order valence-electron chi connectivity index (χ2n) is 9.53. The highest BCUT2D eigenvalue weighted by Gasteiger charge is 2.30. The van der Waals surface area contributed by atoms with Crippen molar-refractivity contribution < 1.29 is 14.6 Å². The smallest absolute Gasteiger partial charge is 0.274 e. The maximum absolute atomic E-state index is 13.0. The first-order chi connectivity index (χ1) is 16.8. The number of hydrogen-bond acceptors (Lipinski definition) is 5. The molecule has 4 aromatic rings. The zero-order valence-electron chi connectivity index (χ0n) is 21.4. The number of rotatable bonds is 6. The Morgan fingerprint density at radius 1 is 1.19 bits per heavy atom. The molecule has 0 aliphatic heterocycles. The van der Waals surface area contributed by atoms with E-state index in [2.05, 4.69) is 10.3 Å². The van der Waals surface area contributed by atoms with Crippen molar-refractivity contribution in [3.63, 3.8) is 0 Å². The number of nitrogens with one attached hydrogen (secondary N) is 2. The minimum Gasteiger partial charge on any atom is -0.455 e. The number of aliphatic hydroxyl groups is 1. The first-order valence-electron chi connectivity index (χ1n) is 11.6. The third-order valence-electron chi connectivity index (χ3n) is 6.07. The summed E-state index contributed by atoms with van der Waals surface area (Å²) in [5.74, 6) is 0.985. The largest absolute Gasteiger partial charge is 0.455 e. The van der Waals surface area contributed by atoms with Crippen LogP contribution >= 0.6 is 22.9 Å². The minimum atomic E-state index is -1.11. The van der Waals surface area contributed by atoms with Gasteiger partial charge >= 0.3 is 0 Å². The Bertz CT molecular complexity index is 1530. The van der Waals surface area contributed by atoms with Gasteiger partial charge in [-0.15, -0.1) is 11.3 Å². The van der Waals surface area contributed by atoms with E-state index < -0.39 is 5.60 Å². The topological polar surface area (TPSA) is 96.3 Å². The molecule has 0 bridgehead atoms. The van der Waals surface area contributed by atoms with E-state index in [0.717, 1.165) is 32.0 Å². The van der Waals surface area contributed by atoms with Crippen LogP contribution in [0, 0.1) is 20.8 Å². The van der Waals surface area contributed by atoms with Gasteiger partial charge in [-0.05, 0) is 70.9 Å². The number of thiophene rings is 1. The number of aromatic amines is 1. The molecule has 3 aromatic heterocycles. The van der Waals surface area contributed by atoms with Crippen LogP contribution in [0.15, 0.2) is 29.2 Å². The fraction of sp³-hybridized carbons (Fsp3) is 0.333. The maximum atomic E-state index is 13.0. The summed E-state index contributed by atoms with van der Waals surface area (Å²) < 4.78 is 8.05. The Morgan fingerprint density at radius 2 is 1.83 bits per heavy atom. The summed E-state index contributed by atoms with van der Waals surface area (Å²) in [5, 5.41) is 14.9. The molecule has 0 unspecified atom stereocenters. The second-order valence-corrected chi connectivity index (χ2v) is 11.0. The number of nitrogens with zero attached hydrogens (tertiary/aromatic N) is 1. The van der Waals surface area contributed by atoms with E-state index in [4.69, 9.17) is 16.3 Å². The number of aromatic nitrogens is 2. The molecule has 0 spiro atoms. The highest BCUT2D eigenvalue weighted by molar-refractivity contribution is 7.16. The van der Waals surface area contributed by atoms with Gasteiger partial charge in [0.25, 0.3) is 11.5 Å². The van der Waals surface area contributed by atoms with Crippen molar-refractivity contribution in [1.82, 2.24) is 14.9 Å². The van der Waals surface area contributed by atoms with Crippen LogP contribution in [0.4, 0.5) is 0 Å². The van der Waals surface area contributed by atoms with E-state index >= 15 is 0 Å². The van der Waals surface area contributed by atoms with Crippen LogP contribution in [-0.4, -0.2) is 27.1 Å². The summed E-state index contributed by atoms with van der Waals surface area (Å²) in [4.78, 5) is 30.0. The van der Waals surface area contributed by atoms with Crippen LogP contribution in [0.5, 0.6) is 11.5 Å². The summed E-state index contributed by atoms with van der Waals surface area (Å²) in [6, 6.07) is 5.38. The van der Waals surface area contributed by atoms with Crippen molar-refractivity contribution >= 4 is 39.7 Å². The lowest BCUT2D eigenvalue weighted by Crippen LogP contribution is -2.23. The molecule has 9 heteroatoms. The van der Waals surface area contributed by atoms with Crippen molar-refractivity contribution in [3.8, 4) is 21.9 Å². The normalized spacial score (nSPS) is 11.8. The van der Waals surface area contributed by atoms with E-state index in [1.807, 2.05) is 39.8 Å². The third-order valence-corrected chi connectivity index (χ3v) is 7.91. The average Bonchev–Trinajstić information content (AvgIpc) is 3.36. The molecule has 0 saturated carbocycles. The standard InChI is InChI=1S/C27H30ClN3O4S/c1-8-29-25(32)19-11-17-18(12-31(7)26(33)20(17)30-19)23-22(15(4)24(36-23)27(5,6)34)35-21-13(2)9-16(28)10-14(21)3/h9-12,30,34H,8H2,1-7H3,(H,29,32). The number of benzene rings is 1. The summed E-state index contributed by atoms with van der Waals surface area (Å²) in [7, 11) is 1.67. The second kappa shape index (κ2) is 9.42. The number of H-pyrrole nitrogens is 1. The van der Waals surface area contributed by atoms with Crippen molar-refractivity contribution in [2.75, 3.05) is 6.54 Å². The van der Waals surface area contributed by atoms with Gasteiger partial charge in [0.2, 0.25) is 0 Å². The van der Waals surface area contributed by atoms with Gasteiger partial charge < -0.3 is 24.7 Å². The van der Waals surface area contributed by atoms with Crippen molar-refractivity contribution in [1.29, 1.82) is 0 Å². The number of ether oxygens (including phenoxy) is 1. The summed E-state index contributed by atoms with van der Waals surface area (Å²) in [6.07, 6.45) is 1.74. The molecule has 3 heterocycles. The number of halogens is 1. The SMILES string of the molecule is CCNC(=O)c1cc2c(-c3sc(C(C)(C)O)c(C)c3Oc3c(C)cc(Cl)cc3C)cn(C)c(=O)c2[nH]1. The van der Waals surface area contributed by atoms with Crippen LogP contribution in [-0.2, 0) is 12.6 Å². The van der Waals surface area contributed by atoms with Crippen LogP contribution in [0.1, 0.15) is 52.8 Å². The highest BCUT2D eigenvalue weighted by Crippen LogP contribution is 2.49. The van der Waals surface area contributed by atoms with E-state index in [1.54, 1.807) is 33.2 Å². The monoisotopic (exact) mass is 527 g/mol. The van der Waals surface area contributed by atoms with Crippen molar-refractivity contribution in [2.45, 2.75) is 47.1 Å². The fourth-order valence-corrected chi connectivity index (χ4v) is 6.02. The minimum absolute atomic E-state index is 0.243. The highest BCUT2D eigenvalue weighted by atomic mass is 35.5. The quantitative estimate of drug-likeness (QED) is 0.289. The molecule has 36 heavy (non-hydrogen) atoms. The number of carbonyl (C=O) groups is 1. The number of carbonyl (C=O) groups excluding carboxylic acids is 1. The molecule has 0 radical (unpaired) electrons. The summed E-state index contributed by atoms with van der Waals surface area (Å²) >= 11 is 7.65. The number of hydrogen-bond donors (Lipinski definition) is 3. The van der Waals surface area contributed by atoms with Crippen LogP contribution in [0.25, 0.3) is 21.3 Å². The molecular formula is C27H30ClN3O4S. The molecule has 1 amide bonds. The molecule has 0 atom stereocenters. The van der Waals surface area contributed by atoms with Gasteiger partial charge in [0.05, 0.1) is 10.5 Å². The van der Waals surface area contributed by atoms with Gasteiger partial charge in [0.1, 0.15) is 22.7 Å². The van der Waals surface area contributed by atoms with E-state index in [9.17, 15) is 14.7 Å². The molecule has 0 saturated heterocycles. The predicted octanol–water partition coefficient (Wildman–Crippen LogP) is 5.94.